The van der Waals surface area contributed by atoms with Gasteiger partial charge in [0.05, 0.1) is 30.1 Å². The molecule has 0 radical (unpaired) electrons. The first-order chi connectivity index (χ1) is 7.88. The van der Waals surface area contributed by atoms with Crippen LogP contribution in [0.4, 0.5) is 0 Å². The van der Waals surface area contributed by atoms with E-state index in [-0.39, 0.29) is 11.9 Å². The lowest BCUT2D eigenvalue weighted by Crippen LogP contribution is -2.36. The Morgan fingerprint density at radius 1 is 1.47 bits per heavy atom. The van der Waals surface area contributed by atoms with Crippen molar-refractivity contribution < 1.29 is 22.7 Å². The van der Waals surface area contributed by atoms with E-state index in [1.807, 2.05) is 0 Å². The minimum absolute atomic E-state index is 0.00446. The maximum Gasteiger partial charge on any atom is 0.309 e. The first-order valence-electron chi connectivity index (χ1n) is 5.79. The molecule has 100 valence electrons. The molecule has 6 heteroatoms. The lowest BCUT2D eigenvalue weighted by Gasteiger charge is -2.20. The van der Waals surface area contributed by atoms with Crippen LogP contribution in [0.1, 0.15) is 26.7 Å². The second-order valence-electron chi connectivity index (χ2n) is 4.48. The SMILES string of the molecule is COC(=O)C(C)C(C)S(=O)(=O)CC1CCCO1. The van der Waals surface area contributed by atoms with Gasteiger partial charge in [0.25, 0.3) is 0 Å². The number of ether oxygens (including phenoxy) is 2. The van der Waals surface area contributed by atoms with Gasteiger partial charge in [0, 0.05) is 6.61 Å². The molecular weight excluding hydrogens is 244 g/mol. The second-order valence-corrected chi connectivity index (χ2v) is 6.88. The molecule has 5 nitrogen and oxygen atoms in total. The Balaban J connectivity index is 2.65. The molecule has 0 N–H and O–H groups in total. The highest BCUT2D eigenvalue weighted by molar-refractivity contribution is 7.92. The van der Waals surface area contributed by atoms with Crippen LogP contribution in [0, 0.1) is 5.92 Å². The molecular formula is C11H20O5S. The van der Waals surface area contributed by atoms with Crippen molar-refractivity contribution in [2.24, 2.45) is 5.92 Å². The standard InChI is InChI=1S/C11H20O5S/c1-8(11(12)15-3)9(2)17(13,14)7-10-5-4-6-16-10/h8-10H,4-7H2,1-3H3. The van der Waals surface area contributed by atoms with Gasteiger partial charge in [-0.25, -0.2) is 8.42 Å². The first kappa shape index (κ1) is 14.4. The van der Waals surface area contributed by atoms with Gasteiger partial charge < -0.3 is 9.47 Å². The smallest absolute Gasteiger partial charge is 0.309 e. The molecule has 1 heterocycles. The van der Waals surface area contributed by atoms with Crippen molar-refractivity contribution in [3.8, 4) is 0 Å². The molecule has 1 aliphatic rings. The van der Waals surface area contributed by atoms with Crippen LogP contribution >= 0.6 is 0 Å². The monoisotopic (exact) mass is 264 g/mol. The number of carbonyl (C=O) groups excluding carboxylic acids is 1. The van der Waals surface area contributed by atoms with Gasteiger partial charge in [-0.1, -0.05) is 6.92 Å². The molecule has 1 saturated heterocycles. The number of hydrogen-bond acceptors (Lipinski definition) is 5. The molecule has 0 amide bonds. The van der Waals surface area contributed by atoms with Crippen LogP contribution in [0.25, 0.3) is 0 Å². The third-order valence-corrected chi connectivity index (χ3v) is 5.66. The Morgan fingerprint density at radius 2 is 2.12 bits per heavy atom. The van der Waals surface area contributed by atoms with Crippen LogP contribution in [0.5, 0.6) is 0 Å². The van der Waals surface area contributed by atoms with Crippen molar-refractivity contribution in [3.05, 3.63) is 0 Å². The quantitative estimate of drug-likeness (QED) is 0.686. The molecule has 17 heavy (non-hydrogen) atoms. The van der Waals surface area contributed by atoms with Crippen molar-refractivity contribution in [2.75, 3.05) is 19.5 Å². The van der Waals surface area contributed by atoms with E-state index in [4.69, 9.17) is 4.74 Å². The summed E-state index contributed by atoms with van der Waals surface area (Å²) >= 11 is 0. The van der Waals surface area contributed by atoms with Gasteiger partial charge in [0.2, 0.25) is 0 Å². The summed E-state index contributed by atoms with van der Waals surface area (Å²) in [5.41, 5.74) is 0. The average Bonchev–Trinajstić information content (AvgIpc) is 2.77. The van der Waals surface area contributed by atoms with Crippen LogP contribution in [-0.4, -0.2) is 45.2 Å². The van der Waals surface area contributed by atoms with Crippen molar-refractivity contribution >= 4 is 15.8 Å². The summed E-state index contributed by atoms with van der Waals surface area (Å²) in [6.07, 6.45) is 1.46. The zero-order chi connectivity index (χ0) is 13.1. The first-order valence-corrected chi connectivity index (χ1v) is 7.51. The highest BCUT2D eigenvalue weighted by atomic mass is 32.2. The number of carbonyl (C=O) groups is 1. The zero-order valence-electron chi connectivity index (χ0n) is 10.5. The molecule has 0 aliphatic carbocycles. The molecule has 3 unspecified atom stereocenters. The van der Waals surface area contributed by atoms with E-state index in [1.54, 1.807) is 13.8 Å². The van der Waals surface area contributed by atoms with Gasteiger partial charge in [-0.3, -0.25) is 4.79 Å². The number of esters is 1. The number of hydrogen-bond donors (Lipinski definition) is 0. The summed E-state index contributed by atoms with van der Waals surface area (Å²) in [4.78, 5) is 11.3. The summed E-state index contributed by atoms with van der Waals surface area (Å²) in [6, 6.07) is 0. The van der Waals surface area contributed by atoms with Crippen molar-refractivity contribution in [3.63, 3.8) is 0 Å². The highest BCUT2D eigenvalue weighted by Crippen LogP contribution is 2.20. The Morgan fingerprint density at radius 3 is 2.59 bits per heavy atom. The third-order valence-electron chi connectivity index (χ3n) is 3.29. The topological polar surface area (TPSA) is 69.7 Å². The van der Waals surface area contributed by atoms with Crippen molar-refractivity contribution in [1.82, 2.24) is 0 Å². The minimum Gasteiger partial charge on any atom is -0.469 e. The molecule has 0 spiro atoms. The molecule has 0 aromatic heterocycles. The van der Waals surface area contributed by atoms with Crippen LogP contribution in [-0.2, 0) is 24.1 Å². The van der Waals surface area contributed by atoms with E-state index < -0.39 is 27.0 Å². The van der Waals surface area contributed by atoms with Crippen LogP contribution < -0.4 is 0 Å². The average molecular weight is 264 g/mol. The van der Waals surface area contributed by atoms with Crippen LogP contribution in [0.15, 0.2) is 0 Å². The molecule has 0 aromatic rings. The van der Waals surface area contributed by atoms with E-state index in [0.29, 0.717) is 6.61 Å². The van der Waals surface area contributed by atoms with Crippen LogP contribution in [0.2, 0.25) is 0 Å². The maximum absolute atomic E-state index is 12.1. The fraction of sp³-hybridized carbons (Fsp3) is 0.909. The van der Waals surface area contributed by atoms with E-state index in [9.17, 15) is 13.2 Å². The lowest BCUT2D eigenvalue weighted by molar-refractivity contribution is -0.144. The second kappa shape index (κ2) is 5.82. The summed E-state index contributed by atoms with van der Waals surface area (Å²) in [5.74, 6) is -1.14. The van der Waals surface area contributed by atoms with Crippen molar-refractivity contribution in [2.45, 2.75) is 38.0 Å². The Hall–Kier alpha value is -0.620. The molecule has 0 saturated carbocycles. The van der Waals surface area contributed by atoms with Crippen molar-refractivity contribution in [1.29, 1.82) is 0 Å². The largest absolute Gasteiger partial charge is 0.469 e. The van der Waals surface area contributed by atoms with Gasteiger partial charge in [0.15, 0.2) is 9.84 Å². The summed E-state index contributed by atoms with van der Waals surface area (Å²) in [5, 5.41) is -0.737. The van der Waals surface area contributed by atoms with Gasteiger partial charge in [-0.15, -0.1) is 0 Å². The summed E-state index contributed by atoms with van der Waals surface area (Å²) in [7, 11) is -2.06. The normalized spacial score (nSPS) is 24.3. The fourth-order valence-corrected chi connectivity index (χ4v) is 3.69. The van der Waals surface area contributed by atoms with Gasteiger partial charge in [-0.2, -0.15) is 0 Å². The predicted molar refractivity (Wildman–Crippen MR) is 63.4 cm³/mol. The number of sulfone groups is 1. The lowest BCUT2D eigenvalue weighted by atomic mass is 10.1. The molecule has 1 rings (SSSR count). The van der Waals surface area contributed by atoms with Crippen LogP contribution in [0.3, 0.4) is 0 Å². The van der Waals surface area contributed by atoms with E-state index in [1.165, 1.54) is 7.11 Å². The summed E-state index contributed by atoms with van der Waals surface area (Å²) < 4.78 is 34.0. The van der Waals surface area contributed by atoms with Gasteiger partial charge in [0.1, 0.15) is 0 Å². The van der Waals surface area contributed by atoms with E-state index in [0.717, 1.165) is 12.8 Å². The minimum atomic E-state index is -3.32. The predicted octanol–water partition coefficient (Wildman–Crippen LogP) is 0.778. The Kier molecular flexibility index (Phi) is 4.94. The molecule has 1 aliphatic heterocycles. The zero-order valence-corrected chi connectivity index (χ0v) is 11.3. The highest BCUT2D eigenvalue weighted by Gasteiger charge is 2.34. The number of rotatable bonds is 5. The summed E-state index contributed by atoms with van der Waals surface area (Å²) in [6.45, 7) is 3.75. The Labute approximate surface area is 102 Å². The number of methoxy groups -OCH3 is 1. The van der Waals surface area contributed by atoms with E-state index in [2.05, 4.69) is 4.74 Å². The third kappa shape index (κ3) is 3.67. The molecule has 0 aromatic carbocycles. The molecule has 3 atom stereocenters. The van der Waals surface area contributed by atoms with Gasteiger partial charge in [-0.05, 0) is 19.8 Å². The van der Waals surface area contributed by atoms with E-state index >= 15 is 0 Å². The van der Waals surface area contributed by atoms with Gasteiger partial charge >= 0.3 is 5.97 Å². The maximum atomic E-state index is 12.1. The molecule has 0 bridgehead atoms. The fourth-order valence-electron chi connectivity index (χ4n) is 1.88. The Bertz CT molecular complexity index is 356. The molecule has 1 fully saturated rings.